The summed E-state index contributed by atoms with van der Waals surface area (Å²) in [6.45, 7) is 4.09. The fourth-order valence-corrected chi connectivity index (χ4v) is 3.33. The van der Waals surface area contributed by atoms with Gasteiger partial charge in [-0.05, 0) is 24.7 Å². The van der Waals surface area contributed by atoms with E-state index in [4.69, 9.17) is 0 Å². The minimum absolute atomic E-state index is 0.0222. The zero-order chi connectivity index (χ0) is 17.4. The molecule has 24 heavy (non-hydrogen) atoms. The van der Waals surface area contributed by atoms with Crippen LogP contribution in [0.4, 0.5) is 5.82 Å². The van der Waals surface area contributed by atoms with E-state index in [1.165, 1.54) is 32.1 Å². The Morgan fingerprint density at radius 3 is 2.67 bits per heavy atom. The molecule has 1 unspecified atom stereocenters. The number of hydrogen-bond donors (Lipinski definition) is 3. The van der Waals surface area contributed by atoms with Gasteiger partial charge in [-0.2, -0.15) is 5.10 Å². The third kappa shape index (κ3) is 6.34. The Kier molecular flexibility index (Phi) is 7.28. The van der Waals surface area contributed by atoms with Crippen LogP contribution in [-0.2, 0) is 9.59 Å². The lowest BCUT2D eigenvalue weighted by Crippen LogP contribution is -2.44. The van der Waals surface area contributed by atoms with Gasteiger partial charge in [-0.3, -0.25) is 14.7 Å². The molecule has 1 fully saturated rings. The summed E-state index contributed by atoms with van der Waals surface area (Å²) in [5.74, 6) is 1.32. The van der Waals surface area contributed by atoms with Crippen molar-refractivity contribution in [3.8, 4) is 0 Å². The molecule has 1 aliphatic carbocycles. The molecule has 2 rings (SSSR count). The summed E-state index contributed by atoms with van der Waals surface area (Å²) in [6.07, 6.45) is 10.0. The lowest BCUT2D eigenvalue weighted by Gasteiger charge is -2.23. The van der Waals surface area contributed by atoms with Crippen LogP contribution in [0.1, 0.15) is 65.2 Å². The second-order valence-electron chi connectivity index (χ2n) is 7.25. The molecule has 1 saturated carbocycles. The summed E-state index contributed by atoms with van der Waals surface area (Å²) >= 11 is 0. The van der Waals surface area contributed by atoms with Gasteiger partial charge in [0.2, 0.25) is 11.8 Å². The molecule has 2 amide bonds. The molecule has 1 atom stereocenters. The molecule has 1 aromatic heterocycles. The van der Waals surface area contributed by atoms with E-state index < -0.39 is 6.04 Å². The Balaban J connectivity index is 1.82. The van der Waals surface area contributed by atoms with Gasteiger partial charge in [0.15, 0.2) is 0 Å². The Morgan fingerprint density at radius 1 is 1.29 bits per heavy atom. The summed E-state index contributed by atoms with van der Waals surface area (Å²) in [7, 11) is 0. The minimum Gasteiger partial charge on any atom is -0.344 e. The van der Waals surface area contributed by atoms with Crippen molar-refractivity contribution in [1.82, 2.24) is 15.5 Å². The van der Waals surface area contributed by atoms with Crippen LogP contribution in [0.25, 0.3) is 0 Å². The first-order valence-electron chi connectivity index (χ1n) is 9.14. The van der Waals surface area contributed by atoms with E-state index in [9.17, 15) is 9.59 Å². The highest BCUT2D eigenvalue weighted by Crippen LogP contribution is 2.27. The number of nitrogens with one attached hydrogen (secondary N) is 3. The van der Waals surface area contributed by atoms with E-state index in [0.29, 0.717) is 30.5 Å². The van der Waals surface area contributed by atoms with Crippen LogP contribution in [0.2, 0.25) is 0 Å². The smallest absolute Gasteiger partial charge is 0.248 e. The average Bonchev–Trinajstić information content (AvgIpc) is 3.06. The van der Waals surface area contributed by atoms with E-state index in [0.717, 1.165) is 6.42 Å². The van der Waals surface area contributed by atoms with Gasteiger partial charge in [0.1, 0.15) is 11.9 Å². The van der Waals surface area contributed by atoms with E-state index in [1.807, 2.05) is 13.8 Å². The third-order valence-corrected chi connectivity index (χ3v) is 4.62. The van der Waals surface area contributed by atoms with Crippen molar-refractivity contribution in [3.05, 3.63) is 12.3 Å². The number of rotatable bonds is 8. The predicted octanol–water partition coefficient (Wildman–Crippen LogP) is 3.24. The van der Waals surface area contributed by atoms with E-state index in [1.54, 1.807) is 12.3 Å². The summed E-state index contributed by atoms with van der Waals surface area (Å²) in [6, 6.07) is 1.18. The van der Waals surface area contributed by atoms with E-state index >= 15 is 0 Å². The second-order valence-corrected chi connectivity index (χ2v) is 7.25. The molecule has 134 valence electrons. The fourth-order valence-electron chi connectivity index (χ4n) is 3.33. The molecule has 3 N–H and O–H groups in total. The van der Waals surface area contributed by atoms with E-state index in [2.05, 4.69) is 20.8 Å². The lowest BCUT2D eigenvalue weighted by atomic mass is 9.86. The predicted molar refractivity (Wildman–Crippen MR) is 94.4 cm³/mol. The first-order valence-corrected chi connectivity index (χ1v) is 9.14. The molecule has 0 spiro atoms. The summed E-state index contributed by atoms with van der Waals surface area (Å²) in [5, 5.41) is 12.2. The molecule has 6 heteroatoms. The maximum atomic E-state index is 12.4. The van der Waals surface area contributed by atoms with Gasteiger partial charge in [-0.1, -0.05) is 46.0 Å². The fraction of sp³-hybridized carbons (Fsp3) is 0.722. The van der Waals surface area contributed by atoms with Crippen LogP contribution in [-0.4, -0.2) is 28.1 Å². The molecule has 1 aliphatic rings. The Labute approximate surface area is 144 Å². The molecular formula is C18H30N4O2. The van der Waals surface area contributed by atoms with Crippen molar-refractivity contribution in [2.75, 3.05) is 5.32 Å². The zero-order valence-corrected chi connectivity index (χ0v) is 14.8. The average molecular weight is 334 g/mol. The number of anilines is 1. The number of H-pyrrole nitrogens is 1. The monoisotopic (exact) mass is 334 g/mol. The zero-order valence-electron chi connectivity index (χ0n) is 14.8. The third-order valence-electron chi connectivity index (χ3n) is 4.62. The highest BCUT2D eigenvalue weighted by molar-refractivity contribution is 5.96. The van der Waals surface area contributed by atoms with Crippen molar-refractivity contribution in [1.29, 1.82) is 0 Å². The summed E-state index contributed by atoms with van der Waals surface area (Å²) in [4.78, 5) is 24.7. The molecule has 0 aliphatic heterocycles. The molecule has 1 aromatic rings. The Hall–Kier alpha value is -1.85. The van der Waals surface area contributed by atoms with E-state index in [-0.39, 0.29) is 11.8 Å². The number of hydrogen-bond acceptors (Lipinski definition) is 3. The topological polar surface area (TPSA) is 86.9 Å². The van der Waals surface area contributed by atoms with Crippen molar-refractivity contribution in [2.24, 2.45) is 11.8 Å². The molecule has 0 aromatic carbocycles. The highest BCUT2D eigenvalue weighted by Gasteiger charge is 2.23. The number of amides is 2. The first-order chi connectivity index (χ1) is 11.5. The number of carbonyl (C=O) groups is 2. The minimum atomic E-state index is -0.507. The molecule has 6 nitrogen and oxygen atoms in total. The van der Waals surface area contributed by atoms with Gasteiger partial charge in [0.25, 0.3) is 0 Å². The van der Waals surface area contributed by atoms with Crippen LogP contribution in [0.3, 0.4) is 0 Å². The molecule has 0 bridgehead atoms. The van der Waals surface area contributed by atoms with Crippen molar-refractivity contribution >= 4 is 17.6 Å². The van der Waals surface area contributed by atoms with Gasteiger partial charge in [0.05, 0.1) is 6.20 Å². The number of carbonyl (C=O) groups excluding carboxylic acids is 2. The molecule has 0 saturated heterocycles. The van der Waals surface area contributed by atoms with Crippen LogP contribution >= 0.6 is 0 Å². The molecular weight excluding hydrogens is 304 g/mol. The van der Waals surface area contributed by atoms with Gasteiger partial charge in [0, 0.05) is 12.5 Å². The summed E-state index contributed by atoms with van der Waals surface area (Å²) < 4.78 is 0. The standard InChI is InChI=1S/C18H30N4O2/c1-13(2)12-15(18(24)21-16-10-11-19-22-16)20-17(23)9-8-14-6-4-3-5-7-14/h10-11,13-15H,3-9,12H2,1-2H3,(H,20,23)(H2,19,21,22,24). The lowest BCUT2D eigenvalue weighted by molar-refractivity contribution is -0.127. The van der Waals surface area contributed by atoms with Gasteiger partial charge in [-0.15, -0.1) is 0 Å². The quantitative estimate of drug-likeness (QED) is 0.682. The van der Waals surface area contributed by atoms with Crippen molar-refractivity contribution in [3.63, 3.8) is 0 Å². The Morgan fingerprint density at radius 2 is 2.04 bits per heavy atom. The van der Waals surface area contributed by atoms with Crippen LogP contribution < -0.4 is 10.6 Å². The molecule has 0 radical (unpaired) electrons. The van der Waals surface area contributed by atoms with Gasteiger partial charge in [-0.25, -0.2) is 0 Å². The van der Waals surface area contributed by atoms with Crippen molar-refractivity contribution < 1.29 is 9.59 Å². The SMILES string of the molecule is CC(C)CC(NC(=O)CCC1CCCCC1)C(=O)Nc1ccn[nH]1. The van der Waals surface area contributed by atoms with Crippen LogP contribution in [0.5, 0.6) is 0 Å². The highest BCUT2D eigenvalue weighted by atomic mass is 16.2. The van der Waals surface area contributed by atoms with Crippen molar-refractivity contribution in [2.45, 2.75) is 71.3 Å². The Bertz CT molecular complexity index is 507. The first kappa shape index (κ1) is 18.5. The summed E-state index contributed by atoms with van der Waals surface area (Å²) in [5.41, 5.74) is 0. The number of aromatic nitrogens is 2. The van der Waals surface area contributed by atoms with Gasteiger partial charge >= 0.3 is 0 Å². The largest absolute Gasteiger partial charge is 0.344 e. The van der Waals surface area contributed by atoms with Crippen LogP contribution in [0, 0.1) is 11.8 Å². The van der Waals surface area contributed by atoms with Crippen LogP contribution in [0.15, 0.2) is 12.3 Å². The maximum Gasteiger partial charge on any atom is 0.248 e. The van der Waals surface area contributed by atoms with Gasteiger partial charge < -0.3 is 10.6 Å². The normalized spacial score (nSPS) is 16.8. The maximum absolute atomic E-state index is 12.4. The number of aromatic amines is 1. The molecule has 1 heterocycles. The number of nitrogens with zero attached hydrogens (tertiary/aromatic N) is 1. The second kappa shape index (κ2) is 9.45.